The molecule has 0 saturated heterocycles. The molecule has 0 aliphatic heterocycles. The Hall–Kier alpha value is -10.8. The van der Waals surface area contributed by atoms with E-state index in [0.29, 0.717) is 12.0 Å². The highest BCUT2D eigenvalue weighted by molar-refractivity contribution is 7.80. The van der Waals surface area contributed by atoms with E-state index in [0.717, 1.165) is 0 Å². The molecule has 1 aromatic carbocycles. The number of rotatable bonds is 59. The first kappa shape index (κ1) is 109. The van der Waals surface area contributed by atoms with Crippen LogP contribution in [0.15, 0.2) is 34.3 Å². The van der Waals surface area contributed by atoms with E-state index in [1.165, 1.54) is 38.1 Å². The number of benzene rings is 1. The second kappa shape index (κ2) is 56.7. The fourth-order valence-corrected chi connectivity index (χ4v) is 12.4. The molecule has 0 unspecified atom stereocenters. The predicted octanol–water partition coefficient (Wildman–Crippen LogP) is -4.55. The Morgan fingerprint density at radius 3 is 1.11 bits per heavy atom. The first-order valence-corrected chi connectivity index (χ1v) is 41.9. The van der Waals surface area contributed by atoms with Crippen molar-refractivity contribution in [2.75, 3.05) is 31.1 Å². The largest absolute Gasteiger partial charge is 0.508 e. The predicted molar refractivity (Wildman–Crippen MR) is 458 cm³/mol. The number of nitrogens with zero attached hydrogens (tertiary/aromatic N) is 2. The molecule has 17 atom stereocenters. The van der Waals surface area contributed by atoms with Gasteiger partial charge in [-0.15, -0.1) is 0 Å². The molecule has 0 bridgehead atoms. The maximum atomic E-state index is 14.7. The van der Waals surface area contributed by atoms with Crippen LogP contribution in [0, 0.1) is 29.6 Å². The SMILES string of the molecule is CC[C@H](C)[C@H](NC(=O)[C@H](CC(C)C)NC(=O)[C@H](CS)NC(=O)[C@H](CCCCN)NC(=O)[C@H](CCC(=O)O)NC(=O)[C@H](CCC(=O)O)NC(=O)[C@H](Cc1ccc(O)cc1)NC(=O)[C@H](C)NC(=O)[C@@H](NC(=O)[C@@H](N)CCCN=C(N)N)C(C)C)C(=O)N[C@H](C(=O)N[C@@H](CCCN=C(N)N)C(=O)N[C@@H](CS)C(=O)N[C@@H](C)C(=O)N[C@H](C(=O)O)C(C)C)[C@@H](C)CC. The minimum absolute atomic E-state index is 0.00834. The summed E-state index contributed by atoms with van der Waals surface area (Å²) in [5.74, 6) is -21.5. The van der Waals surface area contributed by atoms with Gasteiger partial charge in [-0.05, 0) is 132 Å². The summed E-state index contributed by atoms with van der Waals surface area (Å²) >= 11 is 8.57. The zero-order valence-corrected chi connectivity index (χ0v) is 73.3. The molecule has 0 fully saturated rings. The highest BCUT2D eigenvalue weighted by Crippen LogP contribution is 2.18. The normalized spacial score (nSPS) is 15.4. The summed E-state index contributed by atoms with van der Waals surface area (Å²) in [7, 11) is 0. The van der Waals surface area contributed by atoms with Crippen molar-refractivity contribution >= 4 is 138 Å². The lowest BCUT2D eigenvalue weighted by Gasteiger charge is -2.31. The maximum absolute atomic E-state index is 14.7. The highest BCUT2D eigenvalue weighted by atomic mass is 32.1. The Balaban J connectivity index is 3.69. The Morgan fingerprint density at radius 1 is 0.377 bits per heavy atom. The zero-order chi connectivity index (χ0) is 93.0. The van der Waals surface area contributed by atoms with Gasteiger partial charge in [-0.1, -0.05) is 94.2 Å². The molecular formula is C77H132N22O21S2. The van der Waals surface area contributed by atoms with Crippen molar-refractivity contribution in [2.24, 2.45) is 74.0 Å². The van der Waals surface area contributed by atoms with E-state index >= 15 is 0 Å². The molecule has 0 spiro atoms. The van der Waals surface area contributed by atoms with E-state index in [1.54, 1.807) is 69.2 Å². The van der Waals surface area contributed by atoms with Gasteiger partial charge < -0.3 is 129 Å². The first-order valence-electron chi connectivity index (χ1n) is 40.6. The van der Waals surface area contributed by atoms with Gasteiger partial charge >= 0.3 is 17.9 Å². The third-order valence-corrected chi connectivity index (χ3v) is 20.3. The van der Waals surface area contributed by atoms with E-state index in [-0.39, 0.29) is 113 Å². The van der Waals surface area contributed by atoms with Gasteiger partial charge in [0, 0.05) is 43.9 Å². The highest BCUT2D eigenvalue weighted by Gasteiger charge is 2.40. The van der Waals surface area contributed by atoms with Crippen LogP contribution in [-0.4, -0.2) is 255 Å². The molecule has 0 aliphatic carbocycles. The van der Waals surface area contributed by atoms with Gasteiger partial charge in [-0.2, -0.15) is 25.3 Å². The molecule has 0 heterocycles. The number of aliphatic imine (C=N–C) groups is 2. The number of aliphatic carboxylic acids is 3. The van der Waals surface area contributed by atoms with Crippen LogP contribution in [0.1, 0.15) is 179 Å². The average molecular weight is 1770 g/mol. The van der Waals surface area contributed by atoms with Gasteiger partial charge in [0.15, 0.2) is 11.9 Å². The molecule has 688 valence electrons. The van der Waals surface area contributed by atoms with Gasteiger partial charge in [-0.3, -0.25) is 86.7 Å². The summed E-state index contributed by atoms with van der Waals surface area (Å²) in [5.41, 5.74) is 34.0. The standard InChI is InChI=1S/C77H132N22O21S2/c1-13-40(9)59(73(117)91-48(21-18-32-85-77(82)83)65(109)94-53(35-121)70(114)86-43(12)62(106)97-58(39(7)8)75(119)120)99-74(118)60(41(10)14-2)98-69(113)51(33-37(3)4)93-71(115)54(36-122)95-64(108)47(20-15-16-30-78)88-66(110)49(26-28-55(101)102)89-67(111)50(27-29-56(103)104)90-68(112)52(34-44-22-24-45(100)25-23-44)92-61(105)42(11)87-72(116)57(38(5)6)96-63(107)46(79)19-17-31-84-76(80)81/h22-25,37-43,46-54,57-60,100,121-122H,13-21,26-36,78-79H2,1-12H3,(H,86,114)(H,87,116)(H,88,110)(H,89,111)(H,90,112)(H,91,117)(H,92,105)(H,93,115)(H,94,109)(H,95,108)(H,96,107)(H,97,106)(H,98,113)(H,99,118)(H,101,102)(H,103,104)(H,119,120)(H4,80,81,84)(H4,82,83,85)/t40-,41-,42-,43-,46-,47-,48-,49-,50-,51-,52-,53-,54-,57-,58-,59-,60-/m0/s1. The number of aromatic hydroxyl groups is 1. The Morgan fingerprint density at radius 2 is 0.705 bits per heavy atom. The summed E-state index contributed by atoms with van der Waals surface area (Å²) in [4.78, 5) is 242. The second-order valence-corrected chi connectivity index (χ2v) is 31.7. The van der Waals surface area contributed by atoms with E-state index in [9.17, 15) is 102 Å². The summed E-state index contributed by atoms with van der Waals surface area (Å²) in [6.07, 6.45) is -2.13. The lowest BCUT2D eigenvalue weighted by atomic mass is 9.94. The van der Waals surface area contributed by atoms with Crippen molar-refractivity contribution in [1.29, 1.82) is 0 Å². The van der Waals surface area contributed by atoms with E-state index in [4.69, 9.17) is 34.4 Å². The fourth-order valence-electron chi connectivity index (χ4n) is 11.9. The summed E-state index contributed by atoms with van der Waals surface area (Å²) in [6.45, 7) is 19.4. The van der Waals surface area contributed by atoms with Gasteiger partial charge in [0.05, 0.1) is 6.04 Å². The number of carbonyl (C=O) groups excluding carboxylic acids is 14. The molecule has 0 saturated carbocycles. The Bertz CT molecular complexity index is 3720. The van der Waals surface area contributed by atoms with E-state index < -0.39 is 246 Å². The molecule has 0 aliphatic rings. The minimum atomic E-state index is -1.86. The Labute approximate surface area is 721 Å². The van der Waals surface area contributed by atoms with Crippen molar-refractivity contribution < 1.29 is 102 Å². The van der Waals surface area contributed by atoms with Crippen molar-refractivity contribution in [3.8, 4) is 5.75 Å². The molecule has 43 nitrogen and oxygen atoms in total. The number of carbonyl (C=O) groups is 17. The number of carboxylic acid groups (broad SMARTS) is 3. The number of phenols is 1. The van der Waals surface area contributed by atoms with Gasteiger partial charge in [-0.25, -0.2) is 4.79 Å². The number of nitrogens with one attached hydrogen (secondary N) is 14. The number of amides is 14. The van der Waals surface area contributed by atoms with Crippen LogP contribution in [0.2, 0.25) is 0 Å². The second-order valence-electron chi connectivity index (χ2n) is 31.0. The van der Waals surface area contributed by atoms with Crippen LogP contribution in [-0.2, 0) is 87.9 Å². The maximum Gasteiger partial charge on any atom is 0.326 e. The van der Waals surface area contributed by atoms with Crippen molar-refractivity contribution in [2.45, 2.75) is 270 Å². The number of carboxylic acids is 3. The minimum Gasteiger partial charge on any atom is -0.508 e. The number of phenolic OH excluding ortho intramolecular Hbond substituents is 1. The molecule has 1 aromatic rings. The molecular weight excluding hydrogens is 1630 g/mol. The van der Waals surface area contributed by atoms with E-state index in [2.05, 4.69) is 110 Å². The smallest absolute Gasteiger partial charge is 0.326 e. The van der Waals surface area contributed by atoms with Crippen LogP contribution in [0.25, 0.3) is 0 Å². The lowest BCUT2D eigenvalue weighted by Crippen LogP contribution is -2.62. The number of hydrogen-bond acceptors (Lipinski definition) is 24. The number of nitrogens with two attached hydrogens (primary N) is 6. The van der Waals surface area contributed by atoms with Crippen LogP contribution in [0.5, 0.6) is 5.75 Å². The molecule has 30 N–H and O–H groups in total. The van der Waals surface area contributed by atoms with Crippen LogP contribution >= 0.6 is 25.3 Å². The number of unbranched alkanes of at least 4 members (excludes halogenated alkanes) is 1. The lowest BCUT2D eigenvalue weighted by molar-refractivity contribution is -0.143. The van der Waals surface area contributed by atoms with Crippen molar-refractivity contribution in [3.63, 3.8) is 0 Å². The summed E-state index contributed by atoms with van der Waals surface area (Å²) in [6, 6.07) is -16.5. The van der Waals surface area contributed by atoms with Gasteiger partial charge in [0.1, 0.15) is 90.3 Å². The van der Waals surface area contributed by atoms with Crippen molar-refractivity contribution in [3.05, 3.63) is 29.8 Å². The number of thiol groups is 2. The van der Waals surface area contributed by atoms with E-state index in [1.807, 2.05) is 0 Å². The molecule has 0 aromatic heterocycles. The molecule has 14 amide bonds. The third kappa shape index (κ3) is 41.2. The number of guanidine groups is 2. The topological polar surface area (TPSA) is 720 Å². The Kier molecular flexibility index (Phi) is 50.7. The quantitative estimate of drug-likeness (QED) is 0.0126. The fraction of sp³-hybridized carbons (Fsp3) is 0.675. The summed E-state index contributed by atoms with van der Waals surface area (Å²) < 4.78 is 0. The van der Waals surface area contributed by atoms with Crippen LogP contribution < -0.4 is 109 Å². The monoisotopic (exact) mass is 1760 g/mol. The molecule has 0 radical (unpaired) electrons. The zero-order valence-electron chi connectivity index (χ0n) is 71.5. The molecule has 1 rings (SSSR count). The third-order valence-electron chi connectivity index (χ3n) is 19.6. The average Bonchev–Trinajstić information content (AvgIpc) is 0.842. The van der Waals surface area contributed by atoms with Gasteiger partial charge in [0.2, 0.25) is 82.7 Å². The molecule has 122 heavy (non-hydrogen) atoms. The van der Waals surface area contributed by atoms with Crippen LogP contribution in [0.4, 0.5) is 0 Å². The number of hydrogen-bond donors (Lipinski definition) is 26. The molecule has 45 heteroatoms. The first-order chi connectivity index (χ1) is 57.2. The van der Waals surface area contributed by atoms with Crippen LogP contribution in [0.3, 0.4) is 0 Å². The van der Waals surface area contributed by atoms with Crippen molar-refractivity contribution in [1.82, 2.24) is 74.4 Å². The van der Waals surface area contributed by atoms with Gasteiger partial charge in [0.25, 0.3) is 0 Å². The summed E-state index contributed by atoms with van der Waals surface area (Å²) in [5, 5.41) is 74.8.